The number of nitrogens with zero attached hydrogens (tertiary/aromatic N) is 6. The van der Waals surface area contributed by atoms with Crippen molar-refractivity contribution in [3.8, 4) is 22.0 Å². The maximum absolute atomic E-state index is 12.3. The zero-order valence-electron chi connectivity index (χ0n) is 15.9. The third-order valence-corrected chi connectivity index (χ3v) is 6.06. The molecular weight excluding hydrogens is 478 g/mol. The number of hydrogen-bond acceptors (Lipinski definition) is 7. The van der Waals surface area contributed by atoms with Gasteiger partial charge in [-0.2, -0.15) is 0 Å². The molecule has 8 nitrogen and oxygen atoms in total. The van der Waals surface area contributed by atoms with Crippen LogP contribution in [0.5, 0.6) is 0 Å². The number of pyridine rings is 1. The second-order valence-corrected chi connectivity index (χ2v) is 8.63. The fourth-order valence-electron chi connectivity index (χ4n) is 2.94. The molecule has 4 aromatic heterocycles. The first-order valence-corrected chi connectivity index (χ1v) is 10.9. The van der Waals surface area contributed by atoms with Crippen LogP contribution in [0.3, 0.4) is 0 Å². The summed E-state index contributed by atoms with van der Waals surface area (Å²) in [5, 5.41) is 8.24. The molecule has 152 valence electrons. The summed E-state index contributed by atoms with van der Waals surface area (Å²) in [4.78, 5) is 30.4. The SMILES string of the molecule is O=C(NCc1cnc(-c2ccn3nc(-c4cncnc4)nc3c2)s1)c1ccc(Br)cc1. The number of hydrogen-bond donors (Lipinski definition) is 1. The van der Waals surface area contributed by atoms with E-state index in [1.54, 1.807) is 35.2 Å². The molecule has 1 amide bonds. The van der Waals surface area contributed by atoms with Crippen molar-refractivity contribution in [1.29, 1.82) is 0 Å². The second kappa shape index (κ2) is 8.32. The summed E-state index contributed by atoms with van der Waals surface area (Å²) >= 11 is 4.90. The van der Waals surface area contributed by atoms with Crippen molar-refractivity contribution in [2.75, 3.05) is 0 Å². The van der Waals surface area contributed by atoms with Gasteiger partial charge in [-0.1, -0.05) is 15.9 Å². The first-order valence-electron chi connectivity index (χ1n) is 9.26. The lowest BCUT2D eigenvalue weighted by Crippen LogP contribution is -2.22. The Labute approximate surface area is 189 Å². The highest BCUT2D eigenvalue weighted by atomic mass is 79.9. The van der Waals surface area contributed by atoms with E-state index >= 15 is 0 Å². The van der Waals surface area contributed by atoms with Crippen molar-refractivity contribution in [2.45, 2.75) is 6.54 Å². The van der Waals surface area contributed by atoms with Gasteiger partial charge in [0.2, 0.25) is 0 Å². The summed E-state index contributed by atoms with van der Waals surface area (Å²) in [6.45, 7) is 0.415. The fourth-order valence-corrected chi connectivity index (χ4v) is 4.06. The van der Waals surface area contributed by atoms with Crippen LogP contribution < -0.4 is 5.32 Å². The molecule has 31 heavy (non-hydrogen) atoms. The lowest BCUT2D eigenvalue weighted by molar-refractivity contribution is 0.0951. The number of carbonyl (C=O) groups is 1. The maximum Gasteiger partial charge on any atom is 0.251 e. The van der Waals surface area contributed by atoms with Gasteiger partial charge >= 0.3 is 0 Å². The average molecular weight is 492 g/mol. The Morgan fingerprint density at radius 1 is 1.06 bits per heavy atom. The molecule has 0 saturated carbocycles. The number of halogens is 1. The number of benzene rings is 1. The van der Waals surface area contributed by atoms with Crippen molar-refractivity contribution in [2.24, 2.45) is 0 Å². The molecule has 0 saturated heterocycles. The van der Waals surface area contributed by atoms with Gasteiger partial charge in [0, 0.05) is 45.3 Å². The van der Waals surface area contributed by atoms with E-state index in [1.807, 2.05) is 30.5 Å². The van der Waals surface area contributed by atoms with E-state index in [9.17, 15) is 4.79 Å². The Balaban J connectivity index is 1.32. The second-order valence-electron chi connectivity index (χ2n) is 6.60. The number of nitrogens with one attached hydrogen (secondary N) is 1. The van der Waals surface area contributed by atoms with Gasteiger partial charge in [0.15, 0.2) is 11.5 Å². The van der Waals surface area contributed by atoms with Crippen LogP contribution in [0, 0.1) is 0 Å². The van der Waals surface area contributed by atoms with E-state index < -0.39 is 0 Å². The van der Waals surface area contributed by atoms with E-state index in [0.29, 0.717) is 23.6 Å². The highest BCUT2D eigenvalue weighted by Gasteiger charge is 2.11. The minimum absolute atomic E-state index is 0.121. The molecule has 5 rings (SSSR count). The largest absolute Gasteiger partial charge is 0.347 e. The van der Waals surface area contributed by atoms with Crippen molar-refractivity contribution >= 4 is 38.8 Å². The first kappa shape index (κ1) is 19.5. The Morgan fingerprint density at radius 2 is 1.87 bits per heavy atom. The van der Waals surface area contributed by atoms with Gasteiger partial charge < -0.3 is 5.32 Å². The summed E-state index contributed by atoms with van der Waals surface area (Å²) in [5.74, 6) is 0.443. The molecule has 0 radical (unpaired) electrons. The van der Waals surface area contributed by atoms with Gasteiger partial charge in [0.05, 0.1) is 12.1 Å². The molecule has 0 unspecified atom stereocenters. The fraction of sp³-hybridized carbons (Fsp3) is 0.0476. The van der Waals surface area contributed by atoms with Crippen molar-refractivity contribution in [3.63, 3.8) is 0 Å². The summed E-state index contributed by atoms with van der Waals surface area (Å²) in [6.07, 6.45) is 8.46. The Hall–Kier alpha value is -3.50. The molecule has 1 aromatic carbocycles. The van der Waals surface area contributed by atoms with Crippen LogP contribution in [-0.2, 0) is 6.54 Å². The van der Waals surface area contributed by atoms with Gasteiger partial charge in [0.1, 0.15) is 11.3 Å². The van der Waals surface area contributed by atoms with Gasteiger partial charge in [-0.25, -0.2) is 24.5 Å². The molecule has 0 aliphatic carbocycles. The van der Waals surface area contributed by atoms with Crippen molar-refractivity contribution in [1.82, 2.24) is 34.9 Å². The third-order valence-electron chi connectivity index (χ3n) is 4.49. The molecule has 0 aliphatic rings. The third kappa shape index (κ3) is 4.21. The van der Waals surface area contributed by atoms with Gasteiger partial charge in [-0.15, -0.1) is 16.4 Å². The molecule has 0 aliphatic heterocycles. The number of fused-ring (bicyclic) bond motifs is 1. The number of carbonyl (C=O) groups excluding carboxylic acids is 1. The maximum atomic E-state index is 12.3. The number of amides is 1. The average Bonchev–Trinajstić information content (AvgIpc) is 3.45. The van der Waals surface area contributed by atoms with Crippen LogP contribution >= 0.6 is 27.3 Å². The summed E-state index contributed by atoms with van der Waals surface area (Å²) in [5.41, 5.74) is 3.01. The van der Waals surface area contributed by atoms with E-state index in [-0.39, 0.29) is 5.91 Å². The zero-order chi connectivity index (χ0) is 21.2. The molecule has 0 spiro atoms. The predicted octanol–water partition coefficient (Wildman–Crippen LogP) is 4.00. The van der Waals surface area contributed by atoms with Crippen LogP contribution in [0.1, 0.15) is 15.2 Å². The number of aromatic nitrogens is 6. The van der Waals surface area contributed by atoms with Gasteiger partial charge in [-0.3, -0.25) is 4.79 Å². The first-order chi connectivity index (χ1) is 15.2. The molecule has 10 heteroatoms. The smallest absolute Gasteiger partial charge is 0.251 e. The van der Waals surface area contributed by atoms with E-state index in [2.05, 4.69) is 46.3 Å². The summed E-state index contributed by atoms with van der Waals surface area (Å²) in [6, 6.07) is 11.1. The van der Waals surface area contributed by atoms with Gasteiger partial charge in [0.25, 0.3) is 5.91 Å². The monoisotopic (exact) mass is 491 g/mol. The van der Waals surface area contributed by atoms with E-state index in [4.69, 9.17) is 0 Å². The molecule has 5 aromatic rings. The summed E-state index contributed by atoms with van der Waals surface area (Å²) in [7, 11) is 0. The Morgan fingerprint density at radius 3 is 2.68 bits per heavy atom. The molecular formula is C21H14BrN7OS. The lowest BCUT2D eigenvalue weighted by atomic mass is 10.2. The minimum atomic E-state index is -0.121. The van der Waals surface area contributed by atoms with E-state index in [1.165, 1.54) is 17.7 Å². The lowest BCUT2D eigenvalue weighted by Gasteiger charge is -2.03. The topological polar surface area (TPSA) is 98.0 Å². The summed E-state index contributed by atoms with van der Waals surface area (Å²) < 4.78 is 2.64. The molecule has 4 heterocycles. The highest BCUT2D eigenvalue weighted by Crippen LogP contribution is 2.26. The van der Waals surface area contributed by atoms with Crippen LogP contribution in [0.25, 0.3) is 27.6 Å². The normalized spacial score (nSPS) is 11.0. The van der Waals surface area contributed by atoms with E-state index in [0.717, 1.165) is 25.5 Å². The standard InChI is InChI=1S/C21H14BrN7OS/c22-16-3-1-13(2-4-16)20(30)25-10-17-11-26-21(31-17)14-5-6-29-18(7-14)27-19(28-29)15-8-23-12-24-9-15/h1-9,11-12H,10H2,(H,25,30). The number of thiazole rings is 1. The number of rotatable bonds is 5. The van der Waals surface area contributed by atoms with Crippen LogP contribution in [-0.4, -0.2) is 35.5 Å². The molecule has 1 N–H and O–H groups in total. The minimum Gasteiger partial charge on any atom is -0.347 e. The molecule has 0 bridgehead atoms. The van der Waals surface area contributed by atoms with Crippen LogP contribution in [0.15, 0.2) is 72.0 Å². The molecule has 0 fully saturated rings. The highest BCUT2D eigenvalue weighted by molar-refractivity contribution is 9.10. The van der Waals surface area contributed by atoms with Crippen LogP contribution in [0.2, 0.25) is 0 Å². The predicted molar refractivity (Wildman–Crippen MR) is 120 cm³/mol. The molecule has 0 atom stereocenters. The zero-order valence-corrected chi connectivity index (χ0v) is 18.3. The van der Waals surface area contributed by atoms with Crippen LogP contribution in [0.4, 0.5) is 0 Å². The van der Waals surface area contributed by atoms with Crippen molar-refractivity contribution in [3.05, 3.63) is 82.4 Å². The van der Waals surface area contributed by atoms with Gasteiger partial charge in [-0.05, 0) is 36.4 Å². The Kier molecular flexibility index (Phi) is 5.23. The Bertz CT molecular complexity index is 1370. The van der Waals surface area contributed by atoms with Crippen molar-refractivity contribution < 1.29 is 4.79 Å². The quantitative estimate of drug-likeness (QED) is 0.398.